The molecule has 5 heterocycles. The molecule has 5 atom stereocenters. The van der Waals surface area contributed by atoms with Gasteiger partial charge in [0.25, 0.3) is 5.91 Å². The van der Waals surface area contributed by atoms with Gasteiger partial charge in [-0.2, -0.15) is 4.80 Å². The molecule has 2 aliphatic heterocycles. The third-order valence-corrected chi connectivity index (χ3v) is 9.30. The van der Waals surface area contributed by atoms with Crippen molar-refractivity contribution in [1.29, 1.82) is 0 Å². The fourth-order valence-corrected chi connectivity index (χ4v) is 7.08. The summed E-state index contributed by atoms with van der Waals surface area (Å²) in [7, 11) is 0. The first kappa shape index (κ1) is 27.5. The minimum absolute atomic E-state index is 0.0588. The Bertz CT molecular complexity index is 1890. The van der Waals surface area contributed by atoms with Gasteiger partial charge in [-0.1, -0.05) is 30.3 Å². The second kappa shape index (κ2) is 10.9. The van der Waals surface area contributed by atoms with Crippen LogP contribution in [0.3, 0.4) is 0 Å². The summed E-state index contributed by atoms with van der Waals surface area (Å²) in [4.78, 5) is 38.9. The number of aryl methyl sites for hydroxylation is 1. The number of carbonyl (C=O) groups excluding carboxylic acids is 2. The van der Waals surface area contributed by atoms with Crippen LogP contribution in [-0.2, 0) is 4.79 Å². The van der Waals surface area contributed by atoms with Gasteiger partial charge >= 0.3 is 0 Å². The summed E-state index contributed by atoms with van der Waals surface area (Å²) in [5.74, 6) is 0.219. The standard InChI is InChI=1S/C33H31FN8O3/c1-18-38-40-42(39-18)30(19-5-3-2-4-6-19)21-13-23-8-9-24(14-21)41(23)33(44)28-15-20(11-12-35-28)32-37-27-16-22(7-10-29(27)45-32)36-31(43)25-17-26(25)34/h2-7,10-12,15-16,21,23-26,30H,8-9,13-14,17H2,1H3,(H,36,43)/t21?,23?,24?,25-,26+,30+/m1/s1. The number of anilines is 1. The van der Waals surface area contributed by atoms with Crippen molar-refractivity contribution in [1.82, 2.24) is 35.1 Å². The lowest BCUT2D eigenvalue weighted by Crippen LogP contribution is -2.48. The van der Waals surface area contributed by atoms with Gasteiger partial charge in [0, 0.05) is 29.5 Å². The number of hydrogen-bond donors (Lipinski definition) is 1. The molecule has 0 spiro atoms. The van der Waals surface area contributed by atoms with E-state index in [1.54, 1.807) is 41.3 Å². The molecule has 8 rings (SSSR count). The average Bonchev–Trinajstić information content (AvgIpc) is 3.31. The zero-order chi connectivity index (χ0) is 30.7. The fourth-order valence-electron chi connectivity index (χ4n) is 7.08. The molecule has 45 heavy (non-hydrogen) atoms. The number of nitrogens with zero attached hydrogens (tertiary/aromatic N) is 7. The van der Waals surface area contributed by atoms with E-state index in [9.17, 15) is 14.0 Å². The molecule has 228 valence electrons. The van der Waals surface area contributed by atoms with Crippen LogP contribution in [0.1, 0.15) is 60.0 Å². The van der Waals surface area contributed by atoms with E-state index in [1.807, 2.05) is 30.0 Å². The molecular formula is C33H31FN8O3. The number of piperidine rings is 1. The van der Waals surface area contributed by atoms with Crippen molar-refractivity contribution in [3.05, 3.63) is 83.9 Å². The number of fused-ring (bicyclic) bond motifs is 3. The number of hydrogen-bond acceptors (Lipinski definition) is 8. The summed E-state index contributed by atoms with van der Waals surface area (Å²) >= 11 is 0. The first-order valence-electron chi connectivity index (χ1n) is 15.4. The minimum Gasteiger partial charge on any atom is -0.436 e. The van der Waals surface area contributed by atoms with Gasteiger partial charge in [0.15, 0.2) is 11.4 Å². The second-order valence-electron chi connectivity index (χ2n) is 12.3. The Morgan fingerprint density at radius 2 is 1.80 bits per heavy atom. The Hall–Kier alpha value is -5.00. The number of pyridine rings is 1. The van der Waals surface area contributed by atoms with Gasteiger partial charge in [-0.3, -0.25) is 14.6 Å². The average molecular weight is 607 g/mol. The molecule has 3 aliphatic rings. The maximum Gasteiger partial charge on any atom is 0.272 e. The predicted molar refractivity (Wildman–Crippen MR) is 162 cm³/mol. The van der Waals surface area contributed by atoms with E-state index in [0.717, 1.165) is 31.2 Å². The van der Waals surface area contributed by atoms with E-state index in [4.69, 9.17) is 4.42 Å². The normalized spacial score (nSPS) is 24.5. The highest BCUT2D eigenvalue weighted by Gasteiger charge is 2.47. The minimum atomic E-state index is -1.06. The Kier molecular flexibility index (Phi) is 6.65. The molecule has 2 saturated heterocycles. The third kappa shape index (κ3) is 5.13. The molecule has 1 aliphatic carbocycles. The Labute approximate surface area is 257 Å². The molecule has 0 radical (unpaired) electrons. The topological polar surface area (TPSA) is 132 Å². The van der Waals surface area contributed by atoms with Crippen molar-refractivity contribution in [3.8, 4) is 11.5 Å². The summed E-state index contributed by atoms with van der Waals surface area (Å²) in [6, 6.07) is 19.0. The smallest absolute Gasteiger partial charge is 0.272 e. The van der Waals surface area contributed by atoms with Crippen molar-refractivity contribution in [3.63, 3.8) is 0 Å². The molecule has 3 aromatic heterocycles. The van der Waals surface area contributed by atoms with Crippen LogP contribution in [0, 0.1) is 18.8 Å². The molecule has 5 aromatic rings. The molecule has 2 amide bonds. The maximum atomic E-state index is 14.0. The number of rotatable bonds is 7. The molecule has 12 heteroatoms. The maximum absolute atomic E-state index is 14.0. The predicted octanol–water partition coefficient (Wildman–Crippen LogP) is 5.15. The lowest BCUT2D eigenvalue weighted by Gasteiger charge is -2.41. The molecule has 2 bridgehead atoms. The number of carbonyl (C=O) groups is 2. The number of alkyl halides is 1. The Balaban J connectivity index is 1.01. The van der Waals surface area contributed by atoms with Gasteiger partial charge in [-0.05, 0) is 86.1 Å². The van der Waals surface area contributed by atoms with Crippen LogP contribution in [0.4, 0.5) is 10.1 Å². The van der Waals surface area contributed by atoms with Crippen LogP contribution in [0.15, 0.2) is 71.3 Å². The molecule has 1 saturated carbocycles. The lowest BCUT2D eigenvalue weighted by molar-refractivity contribution is -0.117. The van der Waals surface area contributed by atoms with Crippen LogP contribution in [0.5, 0.6) is 0 Å². The summed E-state index contributed by atoms with van der Waals surface area (Å²) in [6.45, 7) is 1.84. The van der Waals surface area contributed by atoms with Gasteiger partial charge in [0.1, 0.15) is 23.4 Å². The second-order valence-corrected chi connectivity index (χ2v) is 12.3. The highest BCUT2D eigenvalue weighted by molar-refractivity contribution is 5.96. The van der Waals surface area contributed by atoms with E-state index >= 15 is 0 Å². The van der Waals surface area contributed by atoms with Gasteiger partial charge in [0.2, 0.25) is 11.8 Å². The highest BCUT2D eigenvalue weighted by atomic mass is 19.1. The SMILES string of the molecule is Cc1nnn([C@@H](c2ccccc2)C2CC3CCC(C2)N3C(=O)c2cc(-c3nc4cc(NC(=O)[C@@H]5C[C@@H]5F)ccc4o3)ccn2)n1. The number of aromatic nitrogens is 6. The van der Waals surface area contributed by atoms with Gasteiger partial charge < -0.3 is 14.6 Å². The first-order chi connectivity index (χ1) is 21.9. The summed E-state index contributed by atoms with van der Waals surface area (Å²) in [5.41, 5.74) is 3.72. The van der Waals surface area contributed by atoms with Crippen LogP contribution in [0.2, 0.25) is 0 Å². The lowest BCUT2D eigenvalue weighted by atomic mass is 9.82. The molecule has 2 aromatic carbocycles. The van der Waals surface area contributed by atoms with Crippen molar-refractivity contribution < 1.29 is 18.4 Å². The van der Waals surface area contributed by atoms with Crippen molar-refractivity contribution >= 4 is 28.6 Å². The molecule has 1 N–H and O–H groups in total. The quantitative estimate of drug-likeness (QED) is 0.269. The third-order valence-electron chi connectivity index (χ3n) is 9.30. The molecule has 11 nitrogen and oxygen atoms in total. The van der Waals surface area contributed by atoms with E-state index in [2.05, 4.69) is 42.8 Å². The van der Waals surface area contributed by atoms with Crippen LogP contribution < -0.4 is 5.32 Å². The Morgan fingerprint density at radius 3 is 2.51 bits per heavy atom. The fraction of sp³-hybridized carbons (Fsp3) is 0.364. The summed E-state index contributed by atoms with van der Waals surface area (Å²) < 4.78 is 19.3. The van der Waals surface area contributed by atoms with Gasteiger partial charge in [-0.15, -0.1) is 10.2 Å². The van der Waals surface area contributed by atoms with Crippen molar-refractivity contribution in [2.45, 2.75) is 63.3 Å². The highest BCUT2D eigenvalue weighted by Crippen LogP contribution is 2.45. The number of amides is 2. The monoisotopic (exact) mass is 606 g/mol. The van der Waals surface area contributed by atoms with Crippen LogP contribution >= 0.6 is 0 Å². The number of tetrazole rings is 1. The van der Waals surface area contributed by atoms with Crippen LogP contribution in [0.25, 0.3) is 22.6 Å². The summed E-state index contributed by atoms with van der Waals surface area (Å²) in [5, 5.41) is 15.8. The van der Waals surface area contributed by atoms with E-state index < -0.39 is 12.1 Å². The summed E-state index contributed by atoms with van der Waals surface area (Å²) in [6.07, 6.45) is 4.34. The van der Waals surface area contributed by atoms with Crippen molar-refractivity contribution in [2.75, 3.05) is 5.32 Å². The van der Waals surface area contributed by atoms with Gasteiger partial charge in [-0.25, -0.2) is 9.37 Å². The Morgan fingerprint density at radius 1 is 1.02 bits per heavy atom. The van der Waals surface area contributed by atoms with Crippen molar-refractivity contribution in [2.24, 2.45) is 11.8 Å². The molecular weight excluding hydrogens is 575 g/mol. The largest absolute Gasteiger partial charge is 0.436 e. The first-order valence-corrected chi connectivity index (χ1v) is 15.4. The van der Waals surface area contributed by atoms with E-state index in [1.165, 1.54) is 0 Å². The number of halogens is 1. The van der Waals surface area contributed by atoms with Crippen LogP contribution in [-0.4, -0.2) is 65.1 Å². The zero-order valence-electron chi connectivity index (χ0n) is 24.6. The van der Waals surface area contributed by atoms with E-state index in [0.29, 0.717) is 39.8 Å². The van der Waals surface area contributed by atoms with Gasteiger partial charge in [0.05, 0.1) is 5.92 Å². The molecule has 2 unspecified atom stereocenters. The number of oxazole rings is 1. The van der Waals surface area contributed by atoms with E-state index in [-0.39, 0.29) is 42.3 Å². The number of benzene rings is 2. The number of nitrogens with one attached hydrogen (secondary N) is 1. The molecule has 3 fully saturated rings. The zero-order valence-corrected chi connectivity index (χ0v) is 24.6.